The molecule has 0 radical (unpaired) electrons. The highest BCUT2D eigenvalue weighted by Gasteiger charge is 2.11. The summed E-state index contributed by atoms with van der Waals surface area (Å²) >= 11 is 3.11. The van der Waals surface area contributed by atoms with Crippen molar-refractivity contribution >= 4 is 21.9 Å². The standard InChI is InChI=1S/C10H7BrN2O4/c11-7-2-1-3-13(9(7)14)5-6-4-8(10(15)16)12-17-6/h1-4H,5H2,(H,15,16). The van der Waals surface area contributed by atoms with Crippen LogP contribution in [-0.2, 0) is 6.54 Å². The SMILES string of the molecule is O=C(O)c1cc(Cn2cccc(Br)c2=O)on1. The van der Waals surface area contributed by atoms with Crippen molar-refractivity contribution in [3.8, 4) is 0 Å². The van der Waals surface area contributed by atoms with Gasteiger partial charge in [0.2, 0.25) is 0 Å². The van der Waals surface area contributed by atoms with Crippen LogP contribution in [0.1, 0.15) is 16.2 Å². The number of carbonyl (C=O) groups is 1. The van der Waals surface area contributed by atoms with Gasteiger partial charge in [-0.25, -0.2) is 4.79 Å². The first-order valence-electron chi connectivity index (χ1n) is 4.62. The number of rotatable bonds is 3. The molecular formula is C10H7BrN2O4. The van der Waals surface area contributed by atoms with Crippen molar-refractivity contribution in [3.05, 3.63) is 50.7 Å². The Kier molecular flexibility index (Phi) is 3.10. The predicted octanol–water partition coefficient (Wildman–Crippen LogP) is 1.35. The lowest BCUT2D eigenvalue weighted by molar-refractivity contribution is 0.0685. The van der Waals surface area contributed by atoms with Crippen LogP contribution in [0.5, 0.6) is 0 Å². The predicted molar refractivity (Wildman–Crippen MR) is 61.0 cm³/mol. The summed E-state index contributed by atoms with van der Waals surface area (Å²) < 4.78 is 6.63. The second-order valence-electron chi connectivity index (χ2n) is 3.27. The van der Waals surface area contributed by atoms with Crippen LogP contribution in [0.4, 0.5) is 0 Å². The van der Waals surface area contributed by atoms with Gasteiger partial charge in [-0.2, -0.15) is 0 Å². The van der Waals surface area contributed by atoms with E-state index in [1.165, 1.54) is 10.6 Å². The van der Waals surface area contributed by atoms with Gasteiger partial charge in [-0.05, 0) is 28.1 Å². The fourth-order valence-corrected chi connectivity index (χ4v) is 1.67. The first kappa shape index (κ1) is 11.6. The van der Waals surface area contributed by atoms with Gasteiger partial charge >= 0.3 is 5.97 Å². The number of halogens is 1. The molecule has 2 heterocycles. The third-order valence-electron chi connectivity index (χ3n) is 2.08. The van der Waals surface area contributed by atoms with E-state index in [1.54, 1.807) is 18.3 Å². The minimum Gasteiger partial charge on any atom is -0.476 e. The zero-order valence-electron chi connectivity index (χ0n) is 8.46. The van der Waals surface area contributed by atoms with Crippen LogP contribution < -0.4 is 5.56 Å². The van der Waals surface area contributed by atoms with E-state index in [2.05, 4.69) is 21.1 Å². The van der Waals surface area contributed by atoms with Gasteiger partial charge in [-0.15, -0.1) is 0 Å². The van der Waals surface area contributed by atoms with Gasteiger partial charge in [-0.1, -0.05) is 5.16 Å². The molecule has 0 amide bonds. The second kappa shape index (κ2) is 4.54. The Morgan fingerprint density at radius 1 is 1.59 bits per heavy atom. The molecule has 0 atom stereocenters. The molecule has 0 saturated carbocycles. The van der Waals surface area contributed by atoms with Crippen LogP contribution in [0.15, 0.2) is 38.2 Å². The minimum atomic E-state index is -1.17. The van der Waals surface area contributed by atoms with E-state index < -0.39 is 5.97 Å². The highest BCUT2D eigenvalue weighted by molar-refractivity contribution is 9.10. The molecule has 0 aromatic carbocycles. The quantitative estimate of drug-likeness (QED) is 0.924. The molecule has 0 aliphatic carbocycles. The van der Waals surface area contributed by atoms with Crippen molar-refractivity contribution in [1.82, 2.24) is 9.72 Å². The zero-order valence-corrected chi connectivity index (χ0v) is 10.0. The Hall–Kier alpha value is -1.89. The molecule has 0 unspecified atom stereocenters. The molecule has 88 valence electrons. The van der Waals surface area contributed by atoms with Crippen molar-refractivity contribution in [1.29, 1.82) is 0 Å². The number of aromatic carboxylic acids is 1. The summed E-state index contributed by atoms with van der Waals surface area (Å²) in [4.78, 5) is 22.2. The van der Waals surface area contributed by atoms with Crippen LogP contribution >= 0.6 is 15.9 Å². The molecule has 0 fully saturated rings. The highest BCUT2D eigenvalue weighted by atomic mass is 79.9. The Labute approximate surface area is 104 Å². The summed E-state index contributed by atoms with van der Waals surface area (Å²) in [6.45, 7) is 0.137. The van der Waals surface area contributed by atoms with Gasteiger partial charge in [0.15, 0.2) is 11.5 Å². The van der Waals surface area contributed by atoms with Crippen molar-refractivity contribution in [2.24, 2.45) is 0 Å². The Bertz CT molecular complexity index is 617. The Balaban J connectivity index is 2.28. The fraction of sp³-hybridized carbons (Fsp3) is 0.100. The van der Waals surface area contributed by atoms with Crippen LogP contribution in [0.3, 0.4) is 0 Å². The van der Waals surface area contributed by atoms with E-state index in [1.807, 2.05) is 0 Å². The maximum atomic E-state index is 11.7. The van der Waals surface area contributed by atoms with Crippen LogP contribution in [0.2, 0.25) is 0 Å². The molecule has 6 nitrogen and oxygen atoms in total. The summed E-state index contributed by atoms with van der Waals surface area (Å²) in [6.07, 6.45) is 1.58. The Morgan fingerprint density at radius 2 is 2.35 bits per heavy atom. The van der Waals surface area contributed by atoms with Gasteiger partial charge in [-0.3, -0.25) is 4.79 Å². The molecule has 0 spiro atoms. The van der Waals surface area contributed by atoms with E-state index in [9.17, 15) is 9.59 Å². The van der Waals surface area contributed by atoms with Crippen LogP contribution in [0, 0.1) is 0 Å². The maximum absolute atomic E-state index is 11.7. The molecule has 2 aromatic heterocycles. The summed E-state index contributed by atoms with van der Waals surface area (Å²) in [6, 6.07) is 4.61. The number of pyridine rings is 1. The van der Waals surface area contributed by atoms with E-state index in [0.29, 0.717) is 10.2 Å². The minimum absolute atomic E-state index is 0.137. The van der Waals surface area contributed by atoms with Gasteiger partial charge < -0.3 is 14.2 Å². The van der Waals surface area contributed by atoms with Gasteiger partial charge in [0.1, 0.15) is 0 Å². The first-order valence-corrected chi connectivity index (χ1v) is 5.41. The average Bonchev–Trinajstić information content (AvgIpc) is 2.73. The maximum Gasteiger partial charge on any atom is 0.358 e. The van der Waals surface area contributed by atoms with Gasteiger partial charge in [0.25, 0.3) is 5.56 Å². The lowest BCUT2D eigenvalue weighted by Crippen LogP contribution is -2.19. The number of nitrogens with zero attached hydrogens (tertiary/aromatic N) is 2. The van der Waals surface area contributed by atoms with Gasteiger partial charge in [0.05, 0.1) is 11.0 Å². The molecule has 0 saturated heterocycles. The molecule has 0 bridgehead atoms. The average molecular weight is 299 g/mol. The number of carboxylic acid groups (broad SMARTS) is 1. The Morgan fingerprint density at radius 3 is 3.00 bits per heavy atom. The summed E-state index contributed by atoms with van der Waals surface area (Å²) in [5.74, 6) is -0.857. The van der Waals surface area contributed by atoms with E-state index >= 15 is 0 Å². The van der Waals surface area contributed by atoms with Gasteiger partial charge in [0, 0.05) is 12.3 Å². The molecule has 0 aliphatic rings. The van der Waals surface area contributed by atoms with Crippen molar-refractivity contribution in [3.63, 3.8) is 0 Å². The molecule has 2 rings (SSSR count). The number of aromatic nitrogens is 2. The van der Waals surface area contributed by atoms with Crippen molar-refractivity contribution in [2.45, 2.75) is 6.54 Å². The lowest BCUT2D eigenvalue weighted by Gasteiger charge is -2.01. The van der Waals surface area contributed by atoms with E-state index in [0.717, 1.165) is 0 Å². The lowest BCUT2D eigenvalue weighted by atomic mass is 10.3. The monoisotopic (exact) mass is 298 g/mol. The largest absolute Gasteiger partial charge is 0.476 e. The topological polar surface area (TPSA) is 85.3 Å². The zero-order chi connectivity index (χ0) is 12.4. The van der Waals surface area contributed by atoms with E-state index in [-0.39, 0.29) is 17.8 Å². The molecule has 17 heavy (non-hydrogen) atoms. The molecular weight excluding hydrogens is 292 g/mol. The summed E-state index contributed by atoms with van der Waals surface area (Å²) in [5.41, 5.74) is -0.399. The van der Waals surface area contributed by atoms with Crippen LogP contribution in [-0.4, -0.2) is 20.8 Å². The van der Waals surface area contributed by atoms with Crippen molar-refractivity contribution in [2.75, 3.05) is 0 Å². The van der Waals surface area contributed by atoms with E-state index in [4.69, 9.17) is 9.63 Å². The molecule has 2 aromatic rings. The fourth-order valence-electron chi connectivity index (χ4n) is 1.29. The third-order valence-corrected chi connectivity index (χ3v) is 2.68. The first-order chi connectivity index (χ1) is 8.08. The second-order valence-corrected chi connectivity index (χ2v) is 4.13. The number of carboxylic acids is 1. The smallest absolute Gasteiger partial charge is 0.358 e. The highest BCUT2D eigenvalue weighted by Crippen LogP contribution is 2.06. The molecule has 0 aliphatic heterocycles. The van der Waals surface area contributed by atoms with Crippen LogP contribution in [0.25, 0.3) is 0 Å². The number of hydrogen-bond donors (Lipinski definition) is 1. The molecule has 1 N–H and O–H groups in total. The van der Waals surface area contributed by atoms with Crippen molar-refractivity contribution < 1.29 is 14.4 Å². The normalized spacial score (nSPS) is 10.4. The number of hydrogen-bond acceptors (Lipinski definition) is 4. The summed E-state index contributed by atoms with van der Waals surface area (Å²) in [7, 11) is 0. The molecule has 7 heteroatoms. The third kappa shape index (κ3) is 2.44. The summed E-state index contributed by atoms with van der Waals surface area (Å²) in [5, 5.41) is 12.0.